The number of hydrogen-bond donors (Lipinski definition) is 1. The zero-order valence-electron chi connectivity index (χ0n) is 16.3. The molecule has 7 heteroatoms. The van der Waals surface area contributed by atoms with E-state index in [9.17, 15) is 9.59 Å². The van der Waals surface area contributed by atoms with Crippen LogP contribution in [0.25, 0.3) is 5.69 Å². The Hall–Kier alpha value is -2.51. The van der Waals surface area contributed by atoms with Gasteiger partial charge in [-0.2, -0.15) is 0 Å². The van der Waals surface area contributed by atoms with E-state index in [1.165, 1.54) is 11.8 Å². The molecule has 0 radical (unpaired) electrons. The molecule has 0 atom stereocenters. The molecule has 1 amide bonds. The van der Waals surface area contributed by atoms with E-state index in [0.29, 0.717) is 5.16 Å². The predicted molar refractivity (Wildman–Crippen MR) is 120 cm³/mol. The molecular formula is C22H21N3O2S2. The lowest BCUT2D eigenvalue weighted by Crippen LogP contribution is -2.24. The van der Waals surface area contributed by atoms with E-state index in [-0.39, 0.29) is 17.2 Å². The minimum atomic E-state index is -0.120. The molecule has 2 heterocycles. The Morgan fingerprint density at radius 1 is 1.21 bits per heavy atom. The second-order valence-corrected chi connectivity index (χ2v) is 8.95. The predicted octanol–water partition coefficient (Wildman–Crippen LogP) is 4.23. The van der Waals surface area contributed by atoms with Crippen molar-refractivity contribution in [2.45, 2.75) is 30.3 Å². The summed E-state index contributed by atoms with van der Waals surface area (Å²) in [6.07, 6.45) is 0.785. The van der Waals surface area contributed by atoms with Crippen LogP contribution in [0.1, 0.15) is 16.8 Å². The fourth-order valence-electron chi connectivity index (χ4n) is 3.26. The number of carbonyl (C=O) groups excluding carboxylic acids is 1. The maximum Gasteiger partial charge on any atom is 0.272 e. The van der Waals surface area contributed by atoms with Crippen molar-refractivity contribution in [1.29, 1.82) is 0 Å². The summed E-state index contributed by atoms with van der Waals surface area (Å²) >= 11 is 2.85. The van der Waals surface area contributed by atoms with Crippen molar-refractivity contribution in [3.63, 3.8) is 0 Å². The van der Waals surface area contributed by atoms with Crippen LogP contribution in [-0.4, -0.2) is 27.0 Å². The van der Waals surface area contributed by atoms with Crippen molar-refractivity contribution in [2.75, 3.05) is 16.8 Å². The van der Waals surface area contributed by atoms with Crippen LogP contribution in [0.4, 0.5) is 5.69 Å². The van der Waals surface area contributed by atoms with Crippen LogP contribution >= 0.6 is 23.5 Å². The van der Waals surface area contributed by atoms with Gasteiger partial charge in [-0.3, -0.25) is 14.2 Å². The molecule has 5 nitrogen and oxygen atoms in total. The highest BCUT2D eigenvalue weighted by Gasteiger charge is 2.23. The number of fused-ring (bicyclic) bond motifs is 1. The Morgan fingerprint density at radius 2 is 2.00 bits per heavy atom. The molecule has 4 rings (SSSR count). The van der Waals surface area contributed by atoms with E-state index in [2.05, 4.69) is 5.32 Å². The summed E-state index contributed by atoms with van der Waals surface area (Å²) in [4.78, 5) is 31.1. The number of amides is 1. The van der Waals surface area contributed by atoms with Crippen molar-refractivity contribution in [2.24, 2.45) is 0 Å². The van der Waals surface area contributed by atoms with Gasteiger partial charge in [-0.05, 0) is 37.6 Å². The first-order valence-electron chi connectivity index (χ1n) is 9.37. The highest BCUT2D eigenvalue weighted by atomic mass is 32.2. The molecule has 2 aromatic carbocycles. The molecule has 1 aliphatic rings. The molecule has 0 saturated carbocycles. The lowest BCUT2D eigenvalue weighted by Gasteiger charge is -2.14. The van der Waals surface area contributed by atoms with Gasteiger partial charge in [-0.15, -0.1) is 11.8 Å². The summed E-state index contributed by atoms with van der Waals surface area (Å²) in [7, 11) is 0. The maximum absolute atomic E-state index is 13.1. The number of para-hydroxylation sites is 1. The molecule has 1 N–H and O–H groups in total. The second-order valence-electron chi connectivity index (χ2n) is 6.90. The molecule has 148 valence electrons. The molecule has 0 saturated heterocycles. The van der Waals surface area contributed by atoms with Gasteiger partial charge in [0.25, 0.3) is 5.56 Å². The number of carbonyl (C=O) groups is 1. The zero-order chi connectivity index (χ0) is 20.4. The normalized spacial score (nSPS) is 12.6. The summed E-state index contributed by atoms with van der Waals surface area (Å²) in [6, 6.07) is 15.4. The third-order valence-corrected chi connectivity index (χ3v) is 6.72. The first-order valence-corrected chi connectivity index (χ1v) is 11.3. The van der Waals surface area contributed by atoms with Gasteiger partial charge >= 0.3 is 0 Å². The number of benzene rings is 2. The van der Waals surface area contributed by atoms with Crippen LogP contribution < -0.4 is 10.9 Å². The average molecular weight is 424 g/mol. The summed E-state index contributed by atoms with van der Waals surface area (Å²) in [5.74, 6) is 0.928. The van der Waals surface area contributed by atoms with Crippen molar-refractivity contribution in [3.05, 3.63) is 75.7 Å². The molecule has 3 aromatic rings. The highest BCUT2D eigenvalue weighted by molar-refractivity contribution is 8.00. The van der Waals surface area contributed by atoms with Crippen LogP contribution in [0, 0.1) is 13.8 Å². The number of hydrogen-bond acceptors (Lipinski definition) is 5. The monoisotopic (exact) mass is 423 g/mol. The summed E-state index contributed by atoms with van der Waals surface area (Å²) in [5.41, 5.74) is 4.53. The van der Waals surface area contributed by atoms with Gasteiger partial charge in [-0.1, -0.05) is 47.7 Å². The highest BCUT2D eigenvalue weighted by Crippen LogP contribution is 2.30. The third-order valence-electron chi connectivity index (χ3n) is 4.67. The molecule has 0 fully saturated rings. The van der Waals surface area contributed by atoms with Gasteiger partial charge in [-0.25, -0.2) is 4.98 Å². The van der Waals surface area contributed by atoms with E-state index in [1.54, 1.807) is 16.3 Å². The molecule has 0 aliphatic carbocycles. The topological polar surface area (TPSA) is 64.0 Å². The smallest absolute Gasteiger partial charge is 0.272 e. The Balaban J connectivity index is 1.59. The van der Waals surface area contributed by atoms with Crippen LogP contribution in [0.2, 0.25) is 0 Å². The number of nitrogens with one attached hydrogen (secondary N) is 1. The quantitative estimate of drug-likeness (QED) is 0.492. The minimum Gasteiger partial charge on any atom is -0.325 e. The Kier molecular flexibility index (Phi) is 5.78. The van der Waals surface area contributed by atoms with Crippen molar-refractivity contribution < 1.29 is 4.79 Å². The van der Waals surface area contributed by atoms with Gasteiger partial charge in [0.15, 0.2) is 5.16 Å². The molecule has 0 unspecified atom stereocenters. The van der Waals surface area contributed by atoms with Gasteiger partial charge < -0.3 is 5.32 Å². The first-order chi connectivity index (χ1) is 14.0. The number of nitrogens with zero attached hydrogens (tertiary/aromatic N) is 2. The Morgan fingerprint density at radius 3 is 2.76 bits per heavy atom. The van der Waals surface area contributed by atoms with Crippen LogP contribution in [0.15, 0.2) is 63.4 Å². The second kappa shape index (κ2) is 8.47. The van der Waals surface area contributed by atoms with Gasteiger partial charge in [0.1, 0.15) is 0 Å². The fraction of sp³-hybridized carbons (Fsp3) is 0.227. The number of thioether (sulfide) groups is 2. The van der Waals surface area contributed by atoms with E-state index >= 15 is 0 Å². The van der Waals surface area contributed by atoms with Crippen LogP contribution in [0.5, 0.6) is 0 Å². The van der Waals surface area contributed by atoms with Crippen LogP contribution in [0.3, 0.4) is 0 Å². The summed E-state index contributed by atoms with van der Waals surface area (Å²) in [5, 5.41) is 3.51. The lowest BCUT2D eigenvalue weighted by atomic mass is 10.1. The van der Waals surface area contributed by atoms with Crippen LogP contribution in [-0.2, 0) is 11.2 Å². The summed E-state index contributed by atoms with van der Waals surface area (Å²) in [6.45, 7) is 4.00. The maximum atomic E-state index is 13.1. The molecule has 0 spiro atoms. The number of anilines is 1. The summed E-state index contributed by atoms with van der Waals surface area (Å²) < 4.78 is 1.62. The molecular weight excluding hydrogens is 402 g/mol. The average Bonchev–Trinajstić information content (AvgIpc) is 3.18. The first kappa shape index (κ1) is 19.8. The van der Waals surface area contributed by atoms with Crippen molar-refractivity contribution in [1.82, 2.24) is 9.55 Å². The zero-order valence-corrected chi connectivity index (χ0v) is 17.9. The largest absolute Gasteiger partial charge is 0.325 e. The molecule has 29 heavy (non-hydrogen) atoms. The lowest BCUT2D eigenvalue weighted by molar-refractivity contribution is -0.113. The number of rotatable bonds is 5. The fourth-order valence-corrected chi connectivity index (χ4v) is 5.12. The van der Waals surface area contributed by atoms with Crippen molar-refractivity contribution >= 4 is 35.1 Å². The standard InChI is InChI=1S/C22H21N3O2S2/c1-14-8-9-17(15(2)12-14)23-19(26)13-29-22-24-18-10-11-28-20(18)21(27)25(22)16-6-4-3-5-7-16/h3-9,12H,10-11,13H2,1-2H3,(H,23,26). The minimum absolute atomic E-state index is 0.0546. The van der Waals surface area contributed by atoms with E-state index in [0.717, 1.165) is 45.3 Å². The van der Waals surface area contributed by atoms with E-state index in [1.807, 2.05) is 62.4 Å². The Labute approximate surface area is 177 Å². The van der Waals surface area contributed by atoms with E-state index in [4.69, 9.17) is 4.98 Å². The molecule has 0 bridgehead atoms. The van der Waals surface area contributed by atoms with Crippen molar-refractivity contribution in [3.8, 4) is 5.69 Å². The van der Waals surface area contributed by atoms with E-state index < -0.39 is 0 Å². The SMILES string of the molecule is Cc1ccc(NC(=O)CSc2nc3c(c(=O)n2-c2ccccc2)SCC3)c(C)c1. The third kappa shape index (κ3) is 4.26. The molecule has 1 aromatic heterocycles. The van der Waals surface area contributed by atoms with Gasteiger partial charge in [0.2, 0.25) is 5.91 Å². The van der Waals surface area contributed by atoms with Gasteiger partial charge in [0, 0.05) is 17.9 Å². The molecule has 1 aliphatic heterocycles. The number of aryl methyl sites for hydroxylation is 3. The Bertz CT molecular complexity index is 1130. The van der Waals surface area contributed by atoms with Gasteiger partial charge in [0.05, 0.1) is 22.0 Å². The number of aromatic nitrogens is 2.